The minimum Gasteiger partial charge on any atom is -0.357 e. The zero-order valence-electron chi connectivity index (χ0n) is 15.1. The molecule has 0 aliphatic carbocycles. The van der Waals surface area contributed by atoms with Gasteiger partial charge < -0.3 is 20.1 Å². The Morgan fingerprint density at radius 1 is 1.36 bits per heavy atom. The number of hydrogen-bond acceptors (Lipinski definition) is 5. The van der Waals surface area contributed by atoms with Gasteiger partial charge in [0.2, 0.25) is 0 Å². The molecule has 0 aromatic carbocycles. The van der Waals surface area contributed by atoms with E-state index >= 15 is 0 Å². The van der Waals surface area contributed by atoms with E-state index in [-0.39, 0.29) is 0 Å². The summed E-state index contributed by atoms with van der Waals surface area (Å²) in [6.45, 7) is 7.25. The van der Waals surface area contributed by atoms with E-state index in [0.717, 1.165) is 49.5 Å². The van der Waals surface area contributed by atoms with Crippen molar-refractivity contribution in [1.29, 1.82) is 0 Å². The smallest absolute Gasteiger partial charge is 0.191 e. The van der Waals surface area contributed by atoms with Gasteiger partial charge in [-0.1, -0.05) is 6.07 Å². The second-order valence-corrected chi connectivity index (χ2v) is 6.18. The van der Waals surface area contributed by atoms with Crippen molar-refractivity contribution in [3.63, 3.8) is 0 Å². The van der Waals surface area contributed by atoms with Crippen LogP contribution in [0.5, 0.6) is 0 Å². The van der Waals surface area contributed by atoms with Crippen LogP contribution in [0.1, 0.15) is 25.0 Å². The number of nitrogens with zero attached hydrogens (tertiary/aromatic N) is 6. The normalized spacial score (nSPS) is 17.8. The van der Waals surface area contributed by atoms with Crippen LogP contribution in [0.2, 0.25) is 0 Å². The molecule has 25 heavy (non-hydrogen) atoms. The van der Waals surface area contributed by atoms with Crippen molar-refractivity contribution in [2.45, 2.75) is 32.9 Å². The molecule has 134 valence electrons. The van der Waals surface area contributed by atoms with Crippen LogP contribution in [0.15, 0.2) is 29.4 Å². The molecule has 8 heteroatoms. The summed E-state index contributed by atoms with van der Waals surface area (Å²) >= 11 is 0. The van der Waals surface area contributed by atoms with Crippen molar-refractivity contribution >= 4 is 11.8 Å². The molecular formula is C17H26N8. The second-order valence-electron chi connectivity index (χ2n) is 6.18. The Morgan fingerprint density at radius 3 is 2.92 bits per heavy atom. The molecule has 0 radical (unpaired) electrons. The molecule has 0 amide bonds. The first kappa shape index (κ1) is 17.2. The van der Waals surface area contributed by atoms with Crippen LogP contribution >= 0.6 is 0 Å². The highest BCUT2D eigenvalue weighted by Gasteiger charge is 2.24. The van der Waals surface area contributed by atoms with Crippen LogP contribution in [0.4, 0.5) is 5.82 Å². The fourth-order valence-electron chi connectivity index (χ4n) is 2.88. The van der Waals surface area contributed by atoms with Gasteiger partial charge in [-0.2, -0.15) is 0 Å². The molecule has 0 saturated carbocycles. The fourth-order valence-corrected chi connectivity index (χ4v) is 2.88. The molecule has 0 spiro atoms. The van der Waals surface area contributed by atoms with E-state index in [2.05, 4.69) is 48.7 Å². The van der Waals surface area contributed by atoms with E-state index in [0.29, 0.717) is 12.6 Å². The molecule has 1 unspecified atom stereocenters. The van der Waals surface area contributed by atoms with Crippen molar-refractivity contribution in [3.8, 4) is 0 Å². The standard InChI is InChI=1S/C17H26N8/c1-4-18-17(20-11-16-23-22-13(2)24(16)3)21-14-8-10-25(12-14)15-7-5-6-9-19-15/h5-7,9,14H,4,8,10-12H2,1-3H3,(H2,18,20,21). The van der Waals surface area contributed by atoms with Crippen molar-refractivity contribution < 1.29 is 0 Å². The largest absolute Gasteiger partial charge is 0.357 e. The maximum absolute atomic E-state index is 4.66. The topological polar surface area (TPSA) is 83.3 Å². The number of hydrogen-bond donors (Lipinski definition) is 2. The van der Waals surface area contributed by atoms with Crippen LogP contribution in [0.3, 0.4) is 0 Å². The highest BCUT2D eigenvalue weighted by atomic mass is 15.3. The quantitative estimate of drug-likeness (QED) is 0.619. The number of aromatic nitrogens is 4. The van der Waals surface area contributed by atoms with Gasteiger partial charge in [0.25, 0.3) is 0 Å². The summed E-state index contributed by atoms with van der Waals surface area (Å²) in [6.07, 6.45) is 2.90. The van der Waals surface area contributed by atoms with Gasteiger partial charge >= 0.3 is 0 Å². The Kier molecular flexibility index (Phi) is 5.47. The van der Waals surface area contributed by atoms with E-state index < -0.39 is 0 Å². The molecule has 0 bridgehead atoms. The van der Waals surface area contributed by atoms with Crippen molar-refractivity contribution in [1.82, 2.24) is 30.4 Å². The van der Waals surface area contributed by atoms with Gasteiger partial charge in [-0.05, 0) is 32.4 Å². The third-order valence-electron chi connectivity index (χ3n) is 4.41. The number of pyridine rings is 1. The van der Waals surface area contributed by atoms with E-state index in [1.165, 1.54) is 0 Å². The number of rotatable bonds is 5. The molecule has 3 heterocycles. The van der Waals surface area contributed by atoms with E-state index in [9.17, 15) is 0 Å². The van der Waals surface area contributed by atoms with E-state index in [4.69, 9.17) is 0 Å². The van der Waals surface area contributed by atoms with Crippen molar-refractivity contribution in [2.24, 2.45) is 12.0 Å². The number of guanidine groups is 1. The Balaban J connectivity index is 1.60. The molecule has 1 atom stereocenters. The van der Waals surface area contributed by atoms with E-state index in [1.807, 2.05) is 36.9 Å². The molecule has 2 N–H and O–H groups in total. The summed E-state index contributed by atoms with van der Waals surface area (Å²) < 4.78 is 1.96. The Hall–Kier alpha value is -2.64. The molecule has 2 aromatic heterocycles. The number of aliphatic imine (C=N–C) groups is 1. The van der Waals surface area contributed by atoms with Gasteiger partial charge in [-0.3, -0.25) is 0 Å². The van der Waals surface area contributed by atoms with Crippen molar-refractivity contribution in [2.75, 3.05) is 24.5 Å². The maximum Gasteiger partial charge on any atom is 0.191 e. The summed E-state index contributed by atoms with van der Waals surface area (Å²) in [7, 11) is 1.96. The lowest BCUT2D eigenvalue weighted by molar-refractivity contribution is 0.646. The summed E-state index contributed by atoms with van der Waals surface area (Å²) in [5.74, 6) is 3.60. The lowest BCUT2D eigenvalue weighted by atomic mass is 10.3. The minimum atomic E-state index is 0.348. The van der Waals surface area contributed by atoms with Crippen LogP contribution in [0.25, 0.3) is 0 Å². The van der Waals surface area contributed by atoms with Crippen LogP contribution < -0.4 is 15.5 Å². The average molecular weight is 342 g/mol. The third-order valence-corrected chi connectivity index (χ3v) is 4.41. The predicted molar refractivity (Wildman–Crippen MR) is 98.5 cm³/mol. The molecule has 3 rings (SSSR count). The Labute approximate surface area is 148 Å². The van der Waals surface area contributed by atoms with Crippen LogP contribution in [-0.4, -0.2) is 51.4 Å². The lowest BCUT2D eigenvalue weighted by Gasteiger charge is -2.19. The van der Waals surface area contributed by atoms with Crippen molar-refractivity contribution in [3.05, 3.63) is 36.0 Å². The van der Waals surface area contributed by atoms with Gasteiger partial charge in [-0.25, -0.2) is 9.98 Å². The summed E-state index contributed by atoms with van der Waals surface area (Å²) in [5.41, 5.74) is 0. The predicted octanol–water partition coefficient (Wildman–Crippen LogP) is 0.853. The first-order chi connectivity index (χ1) is 12.2. The molecule has 8 nitrogen and oxygen atoms in total. The lowest BCUT2D eigenvalue weighted by Crippen LogP contribution is -2.44. The van der Waals surface area contributed by atoms with Gasteiger partial charge in [0.15, 0.2) is 11.8 Å². The van der Waals surface area contributed by atoms with Gasteiger partial charge in [0.05, 0.1) is 0 Å². The first-order valence-electron chi connectivity index (χ1n) is 8.73. The zero-order valence-corrected chi connectivity index (χ0v) is 15.1. The molecular weight excluding hydrogens is 316 g/mol. The third kappa shape index (κ3) is 4.26. The molecule has 1 saturated heterocycles. The molecule has 1 aliphatic heterocycles. The highest BCUT2D eigenvalue weighted by molar-refractivity contribution is 5.80. The highest BCUT2D eigenvalue weighted by Crippen LogP contribution is 2.17. The SMILES string of the molecule is CCNC(=NCc1nnc(C)n1C)NC1CCN(c2ccccn2)C1. The zero-order chi connectivity index (χ0) is 17.6. The molecule has 1 fully saturated rings. The second kappa shape index (κ2) is 7.96. The monoisotopic (exact) mass is 342 g/mol. The minimum absolute atomic E-state index is 0.348. The summed E-state index contributed by atoms with van der Waals surface area (Å²) in [4.78, 5) is 11.4. The fraction of sp³-hybridized carbons (Fsp3) is 0.529. The number of aryl methyl sites for hydroxylation is 1. The summed E-state index contributed by atoms with van der Waals surface area (Å²) in [6, 6.07) is 6.37. The van der Waals surface area contributed by atoms with Crippen LogP contribution in [0, 0.1) is 6.92 Å². The molecule has 1 aliphatic rings. The molecule has 2 aromatic rings. The number of anilines is 1. The maximum atomic E-state index is 4.66. The average Bonchev–Trinajstić information content (AvgIpc) is 3.22. The van der Waals surface area contributed by atoms with Gasteiger partial charge in [0, 0.05) is 38.9 Å². The number of nitrogens with one attached hydrogen (secondary N) is 2. The Bertz CT molecular complexity index is 709. The Morgan fingerprint density at radius 2 is 2.24 bits per heavy atom. The summed E-state index contributed by atoms with van der Waals surface area (Å²) in [5, 5.41) is 15.1. The van der Waals surface area contributed by atoms with Gasteiger partial charge in [0.1, 0.15) is 18.2 Å². The van der Waals surface area contributed by atoms with Crippen LogP contribution in [-0.2, 0) is 13.6 Å². The van der Waals surface area contributed by atoms with E-state index in [1.54, 1.807) is 0 Å². The first-order valence-corrected chi connectivity index (χ1v) is 8.73. The van der Waals surface area contributed by atoms with Gasteiger partial charge in [-0.15, -0.1) is 10.2 Å².